The van der Waals surface area contributed by atoms with Crippen molar-refractivity contribution in [3.63, 3.8) is 0 Å². The lowest BCUT2D eigenvalue weighted by Crippen LogP contribution is -2.13. The first-order valence-corrected chi connectivity index (χ1v) is 11.2. The van der Waals surface area contributed by atoms with Gasteiger partial charge in [-0.15, -0.1) is 0 Å². The van der Waals surface area contributed by atoms with Crippen LogP contribution in [0.3, 0.4) is 0 Å². The van der Waals surface area contributed by atoms with E-state index in [1.807, 2.05) is 24.3 Å². The van der Waals surface area contributed by atoms with Crippen LogP contribution in [0.25, 0.3) is 21.9 Å². The zero-order valence-electron chi connectivity index (χ0n) is 19.0. The standard InChI is InChI=1S/C29H29NO3/c1-19-7-9-21(10-8-19)13-14-33-28-26(16-22(17-27(28)30)15-20(2)29(31)32)25-12-11-23-5-3-4-6-24(23)18-25/h3-12,16-18,20H,13-15,30H2,1-2H3,(H,31,32). The molecule has 0 saturated carbocycles. The van der Waals surface area contributed by atoms with Crippen molar-refractivity contribution in [2.45, 2.75) is 26.7 Å². The monoisotopic (exact) mass is 439 g/mol. The van der Waals surface area contributed by atoms with Crippen molar-refractivity contribution in [2.24, 2.45) is 5.92 Å². The van der Waals surface area contributed by atoms with E-state index in [2.05, 4.69) is 61.5 Å². The maximum absolute atomic E-state index is 11.4. The summed E-state index contributed by atoms with van der Waals surface area (Å²) in [6, 6.07) is 26.8. The van der Waals surface area contributed by atoms with Crippen LogP contribution in [0.2, 0.25) is 0 Å². The van der Waals surface area contributed by atoms with Crippen molar-refractivity contribution >= 4 is 22.4 Å². The first kappa shape index (κ1) is 22.4. The van der Waals surface area contributed by atoms with Crippen LogP contribution in [0.1, 0.15) is 23.6 Å². The molecule has 0 heterocycles. The van der Waals surface area contributed by atoms with E-state index in [4.69, 9.17) is 10.5 Å². The van der Waals surface area contributed by atoms with Crippen molar-refractivity contribution in [3.05, 3.63) is 95.6 Å². The molecule has 1 atom stereocenters. The van der Waals surface area contributed by atoms with E-state index < -0.39 is 11.9 Å². The molecule has 1 unspecified atom stereocenters. The third-order valence-corrected chi connectivity index (χ3v) is 5.96. The first-order valence-electron chi connectivity index (χ1n) is 11.2. The van der Waals surface area contributed by atoms with Gasteiger partial charge in [0.05, 0.1) is 18.2 Å². The molecule has 4 nitrogen and oxygen atoms in total. The minimum atomic E-state index is -0.820. The smallest absolute Gasteiger partial charge is 0.306 e. The number of fused-ring (bicyclic) bond motifs is 1. The average Bonchev–Trinajstić information content (AvgIpc) is 2.81. The molecule has 4 rings (SSSR count). The molecular formula is C29H29NO3. The fourth-order valence-corrected chi connectivity index (χ4v) is 4.03. The Bertz CT molecular complexity index is 1280. The summed E-state index contributed by atoms with van der Waals surface area (Å²) in [5.41, 5.74) is 12.2. The van der Waals surface area contributed by atoms with Gasteiger partial charge < -0.3 is 15.6 Å². The van der Waals surface area contributed by atoms with Crippen molar-refractivity contribution < 1.29 is 14.6 Å². The summed E-state index contributed by atoms with van der Waals surface area (Å²) in [6.45, 7) is 4.28. The van der Waals surface area contributed by atoms with Gasteiger partial charge in [-0.05, 0) is 59.0 Å². The third-order valence-electron chi connectivity index (χ3n) is 5.96. The first-order chi connectivity index (χ1) is 15.9. The molecule has 4 heteroatoms. The van der Waals surface area contributed by atoms with Crippen LogP contribution in [-0.4, -0.2) is 17.7 Å². The van der Waals surface area contributed by atoms with Gasteiger partial charge in [0.15, 0.2) is 0 Å². The van der Waals surface area contributed by atoms with Gasteiger partial charge in [-0.1, -0.05) is 73.2 Å². The summed E-state index contributed by atoms with van der Waals surface area (Å²) >= 11 is 0. The van der Waals surface area contributed by atoms with Gasteiger partial charge in [0.1, 0.15) is 5.75 Å². The molecule has 0 amide bonds. The molecule has 0 bridgehead atoms. The van der Waals surface area contributed by atoms with E-state index in [1.54, 1.807) is 6.92 Å². The Morgan fingerprint density at radius 1 is 0.939 bits per heavy atom. The van der Waals surface area contributed by atoms with Crippen LogP contribution >= 0.6 is 0 Å². The predicted octanol–water partition coefficient (Wildman–Crippen LogP) is 6.28. The quantitative estimate of drug-likeness (QED) is 0.317. The number of anilines is 1. The molecular weight excluding hydrogens is 410 g/mol. The van der Waals surface area contributed by atoms with Gasteiger partial charge in [-0.2, -0.15) is 0 Å². The van der Waals surface area contributed by atoms with Crippen molar-refractivity contribution in [2.75, 3.05) is 12.3 Å². The van der Waals surface area contributed by atoms with Gasteiger partial charge in [0, 0.05) is 12.0 Å². The Balaban J connectivity index is 1.68. The number of carbonyl (C=O) groups is 1. The van der Waals surface area contributed by atoms with Gasteiger partial charge in [-0.3, -0.25) is 4.79 Å². The molecule has 0 radical (unpaired) electrons. The highest BCUT2D eigenvalue weighted by atomic mass is 16.5. The van der Waals surface area contributed by atoms with E-state index >= 15 is 0 Å². The topological polar surface area (TPSA) is 72.5 Å². The summed E-state index contributed by atoms with van der Waals surface area (Å²) in [7, 11) is 0. The number of nitrogen functional groups attached to an aromatic ring is 1. The molecule has 33 heavy (non-hydrogen) atoms. The van der Waals surface area contributed by atoms with E-state index in [-0.39, 0.29) is 0 Å². The van der Waals surface area contributed by atoms with E-state index in [0.29, 0.717) is 24.5 Å². The van der Waals surface area contributed by atoms with E-state index in [1.165, 1.54) is 11.1 Å². The van der Waals surface area contributed by atoms with Crippen molar-refractivity contribution in [1.29, 1.82) is 0 Å². The predicted molar refractivity (Wildman–Crippen MR) is 135 cm³/mol. The fourth-order valence-electron chi connectivity index (χ4n) is 4.03. The number of nitrogens with two attached hydrogens (primary N) is 1. The van der Waals surface area contributed by atoms with Crippen LogP contribution in [-0.2, 0) is 17.6 Å². The number of benzene rings is 4. The molecule has 0 saturated heterocycles. The van der Waals surface area contributed by atoms with Gasteiger partial charge in [-0.25, -0.2) is 0 Å². The van der Waals surface area contributed by atoms with Crippen LogP contribution in [0.4, 0.5) is 5.69 Å². The van der Waals surface area contributed by atoms with E-state index in [9.17, 15) is 9.90 Å². The maximum atomic E-state index is 11.4. The molecule has 0 aliphatic heterocycles. The molecule has 0 aromatic heterocycles. The molecule has 4 aromatic rings. The molecule has 168 valence electrons. The van der Waals surface area contributed by atoms with Crippen LogP contribution in [0, 0.1) is 12.8 Å². The van der Waals surface area contributed by atoms with Crippen LogP contribution in [0.5, 0.6) is 5.75 Å². The second kappa shape index (κ2) is 9.78. The summed E-state index contributed by atoms with van der Waals surface area (Å²) in [6.07, 6.45) is 1.18. The number of aryl methyl sites for hydroxylation is 1. The minimum absolute atomic E-state index is 0.407. The lowest BCUT2D eigenvalue weighted by atomic mass is 9.94. The summed E-state index contributed by atoms with van der Waals surface area (Å²) in [4.78, 5) is 11.4. The van der Waals surface area contributed by atoms with Crippen LogP contribution < -0.4 is 10.5 Å². The lowest BCUT2D eigenvalue weighted by molar-refractivity contribution is -0.141. The molecule has 0 fully saturated rings. The van der Waals surface area contributed by atoms with Crippen LogP contribution in [0.15, 0.2) is 78.9 Å². The Morgan fingerprint density at radius 2 is 1.67 bits per heavy atom. The third kappa shape index (κ3) is 5.35. The summed E-state index contributed by atoms with van der Waals surface area (Å²) < 4.78 is 6.23. The SMILES string of the molecule is Cc1ccc(CCOc2c(N)cc(CC(C)C(=O)O)cc2-c2ccc3ccccc3c2)cc1. The number of carboxylic acids is 1. The average molecular weight is 440 g/mol. The second-order valence-electron chi connectivity index (χ2n) is 8.65. The fraction of sp³-hybridized carbons (Fsp3) is 0.207. The van der Waals surface area contributed by atoms with Crippen molar-refractivity contribution in [1.82, 2.24) is 0 Å². The highest BCUT2D eigenvalue weighted by Crippen LogP contribution is 2.38. The van der Waals surface area contributed by atoms with Crippen molar-refractivity contribution in [3.8, 4) is 16.9 Å². The van der Waals surface area contributed by atoms with E-state index in [0.717, 1.165) is 33.9 Å². The number of rotatable bonds is 8. The maximum Gasteiger partial charge on any atom is 0.306 e. The highest BCUT2D eigenvalue weighted by Gasteiger charge is 2.17. The zero-order chi connectivity index (χ0) is 23.4. The summed E-state index contributed by atoms with van der Waals surface area (Å²) in [5.74, 6) is -0.675. The number of carboxylic acid groups (broad SMARTS) is 1. The Morgan fingerprint density at radius 3 is 2.39 bits per heavy atom. The molecule has 0 spiro atoms. The van der Waals surface area contributed by atoms with Gasteiger partial charge in [0.25, 0.3) is 0 Å². The normalized spacial score (nSPS) is 11.9. The highest BCUT2D eigenvalue weighted by molar-refractivity contribution is 5.89. The number of aliphatic carboxylic acids is 1. The second-order valence-corrected chi connectivity index (χ2v) is 8.65. The lowest BCUT2D eigenvalue weighted by Gasteiger charge is -2.18. The van der Waals surface area contributed by atoms with Gasteiger partial charge in [0.2, 0.25) is 0 Å². The Labute approximate surface area is 194 Å². The Hall–Kier alpha value is -3.79. The molecule has 3 N–H and O–H groups in total. The number of ether oxygens (including phenoxy) is 1. The van der Waals surface area contributed by atoms with Gasteiger partial charge >= 0.3 is 5.97 Å². The minimum Gasteiger partial charge on any atom is -0.490 e. The zero-order valence-corrected chi connectivity index (χ0v) is 19.0. The molecule has 0 aliphatic rings. The largest absolute Gasteiger partial charge is 0.490 e. The summed E-state index contributed by atoms with van der Waals surface area (Å²) in [5, 5.41) is 11.6. The Kier molecular flexibility index (Phi) is 6.64. The number of hydrogen-bond acceptors (Lipinski definition) is 3. The molecule has 0 aliphatic carbocycles. The number of hydrogen-bond donors (Lipinski definition) is 2. The molecule has 4 aromatic carbocycles.